The van der Waals surface area contributed by atoms with E-state index < -0.39 is 10.0 Å². The number of nitrogens with zero attached hydrogens (tertiary/aromatic N) is 2. The van der Waals surface area contributed by atoms with Gasteiger partial charge in [-0.05, 0) is 31.4 Å². The molecule has 1 aromatic carbocycles. The van der Waals surface area contributed by atoms with Gasteiger partial charge >= 0.3 is 0 Å². The number of pyridine rings is 1. The van der Waals surface area contributed by atoms with Crippen LogP contribution in [0.25, 0.3) is 10.9 Å². The van der Waals surface area contributed by atoms with E-state index >= 15 is 0 Å². The van der Waals surface area contributed by atoms with Crippen LogP contribution in [-0.2, 0) is 15.8 Å². The summed E-state index contributed by atoms with van der Waals surface area (Å²) >= 11 is 0. The fourth-order valence-electron chi connectivity index (χ4n) is 3.16. The van der Waals surface area contributed by atoms with Crippen molar-refractivity contribution < 1.29 is 8.42 Å². The van der Waals surface area contributed by atoms with E-state index in [1.54, 1.807) is 10.5 Å². The van der Waals surface area contributed by atoms with E-state index in [9.17, 15) is 8.42 Å². The summed E-state index contributed by atoms with van der Waals surface area (Å²) in [5, 5.41) is 0.962. The number of benzene rings is 1. The molecule has 0 saturated carbocycles. The first kappa shape index (κ1) is 15.4. The van der Waals surface area contributed by atoms with E-state index in [0.717, 1.165) is 22.9 Å². The van der Waals surface area contributed by atoms with Crippen molar-refractivity contribution in [2.45, 2.75) is 37.6 Å². The van der Waals surface area contributed by atoms with Gasteiger partial charge in [-0.1, -0.05) is 24.3 Å². The van der Waals surface area contributed by atoms with E-state index in [-0.39, 0.29) is 17.8 Å². The average Bonchev–Trinajstić information content (AvgIpc) is 2.47. The quantitative estimate of drug-likeness (QED) is 0.937. The van der Waals surface area contributed by atoms with Gasteiger partial charge in [-0.2, -0.15) is 4.31 Å². The highest BCUT2D eigenvalue weighted by Gasteiger charge is 2.32. The third kappa shape index (κ3) is 2.99. The van der Waals surface area contributed by atoms with E-state index in [4.69, 9.17) is 5.73 Å². The van der Waals surface area contributed by atoms with Crippen LogP contribution in [-0.4, -0.2) is 36.3 Å². The van der Waals surface area contributed by atoms with Crippen molar-refractivity contribution in [3.63, 3.8) is 0 Å². The summed E-state index contributed by atoms with van der Waals surface area (Å²) in [7, 11) is -3.36. The number of para-hydroxylation sites is 1. The first-order valence-electron chi connectivity index (χ1n) is 7.55. The Morgan fingerprint density at radius 3 is 2.86 bits per heavy atom. The van der Waals surface area contributed by atoms with Crippen LogP contribution in [0.3, 0.4) is 0 Å². The Kier molecular flexibility index (Phi) is 4.16. The second-order valence-electron chi connectivity index (χ2n) is 5.99. The van der Waals surface area contributed by atoms with Gasteiger partial charge in [0.15, 0.2) is 0 Å². The molecule has 2 heterocycles. The number of fused-ring (bicyclic) bond motifs is 1. The van der Waals surface area contributed by atoms with Crippen LogP contribution in [0.4, 0.5) is 0 Å². The highest BCUT2D eigenvalue weighted by molar-refractivity contribution is 7.88. The van der Waals surface area contributed by atoms with E-state index in [0.29, 0.717) is 13.0 Å². The van der Waals surface area contributed by atoms with Crippen molar-refractivity contribution in [2.24, 2.45) is 5.73 Å². The SMILES string of the molecule is CC1CC(N)CCN1S(=O)(=O)Cc1cccc2cccnc12. The molecular weight excluding hydrogens is 298 g/mol. The summed E-state index contributed by atoms with van der Waals surface area (Å²) in [6.45, 7) is 2.43. The Morgan fingerprint density at radius 2 is 2.09 bits per heavy atom. The van der Waals surface area contributed by atoms with Gasteiger partial charge in [-0.15, -0.1) is 0 Å². The number of hydrogen-bond donors (Lipinski definition) is 1. The Balaban J connectivity index is 1.90. The second kappa shape index (κ2) is 5.95. The van der Waals surface area contributed by atoms with Gasteiger partial charge in [0.05, 0.1) is 11.3 Å². The van der Waals surface area contributed by atoms with Gasteiger partial charge in [0.2, 0.25) is 10.0 Å². The molecule has 1 aliphatic heterocycles. The van der Waals surface area contributed by atoms with E-state index in [1.165, 1.54) is 0 Å². The largest absolute Gasteiger partial charge is 0.328 e. The van der Waals surface area contributed by atoms with Crippen LogP contribution in [0.2, 0.25) is 0 Å². The topological polar surface area (TPSA) is 76.3 Å². The number of rotatable bonds is 3. The zero-order chi connectivity index (χ0) is 15.7. The molecule has 1 fully saturated rings. The molecule has 5 nitrogen and oxygen atoms in total. The highest BCUT2D eigenvalue weighted by Crippen LogP contribution is 2.24. The minimum atomic E-state index is -3.36. The third-order valence-electron chi connectivity index (χ3n) is 4.27. The summed E-state index contributed by atoms with van der Waals surface area (Å²) < 4.78 is 27.1. The molecule has 2 N–H and O–H groups in total. The van der Waals surface area contributed by atoms with Gasteiger partial charge in [0.1, 0.15) is 0 Å². The summed E-state index contributed by atoms with van der Waals surface area (Å²) in [4.78, 5) is 4.34. The standard InChI is InChI=1S/C16H21N3O2S/c1-12-10-15(17)7-9-19(12)22(20,21)11-14-5-2-4-13-6-3-8-18-16(13)14/h2-6,8,12,15H,7,9-11,17H2,1H3. The molecule has 2 unspecified atom stereocenters. The summed E-state index contributed by atoms with van der Waals surface area (Å²) in [5.74, 6) is -0.0130. The number of piperidine rings is 1. The molecule has 6 heteroatoms. The van der Waals surface area contributed by atoms with Crippen molar-refractivity contribution in [2.75, 3.05) is 6.54 Å². The first-order valence-corrected chi connectivity index (χ1v) is 9.16. The fourth-order valence-corrected chi connectivity index (χ4v) is 4.97. The number of hydrogen-bond acceptors (Lipinski definition) is 4. The van der Waals surface area contributed by atoms with Crippen molar-refractivity contribution in [3.8, 4) is 0 Å². The molecule has 0 aliphatic carbocycles. The minimum Gasteiger partial charge on any atom is -0.328 e. The number of sulfonamides is 1. The Morgan fingerprint density at radius 1 is 1.32 bits per heavy atom. The molecule has 0 amide bonds. The normalized spacial score (nSPS) is 23.7. The first-order chi connectivity index (χ1) is 10.5. The lowest BCUT2D eigenvalue weighted by Gasteiger charge is -2.35. The smallest absolute Gasteiger partial charge is 0.218 e. The molecule has 2 atom stereocenters. The maximum absolute atomic E-state index is 12.8. The Bertz CT molecular complexity index is 771. The third-order valence-corrected chi connectivity index (χ3v) is 6.20. The zero-order valence-corrected chi connectivity index (χ0v) is 13.5. The predicted molar refractivity (Wildman–Crippen MR) is 87.7 cm³/mol. The van der Waals surface area contributed by atoms with Crippen molar-refractivity contribution >= 4 is 20.9 Å². The Labute approximate surface area is 131 Å². The maximum Gasteiger partial charge on any atom is 0.218 e. The molecule has 0 bridgehead atoms. The molecule has 0 spiro atoms. The molecule has 22 heavy (non-hydrogen) atoms. The van der Waals surface area contributed by atoms with Crippen molar-refractivity contribution in [1.82, 2.24) is 9.29 Å². The van der Waals surface area contributed by atoms with Crippen LogP contribution in [0.1, 0.15) is 25.3 Å². The van der Waals surface area contributed by atoms with Gasteiger partial charge in [-0.3, -0.25) is 4.98 Å². The molecule has 3 rings (SSSR count). The second-order valence-corrected chi connectivity index (χ2v) is 7.91. The summed E-state index contributed by atoms with van der Waals surface area (Å²) in [6, 6.07) is 9.52. The predicted octanol–water partition coefficient (Wildman–Crippen LogP) is 1.88. The lowest BCUT2D eigenvalue weighted by Crippen LogP contribution is -2.48. The zero-order valence-electron chi connectivity index (χ0n) is 12.6. The van der Waals surface area contributed by atoms with Crippen LogP contribution in [0.15, 0.2) is 36.5 Å². The molecule has 1 saturated heterocycles. The van der Waals surface area contributed by atoms with Gasteiger partial charge < -0.3 is 5.73 Å². The van der Waals surface area contributed by atoms with Crippen LogP contribution in [0, 0.1) is 0 Å². The minimum absolute atomic E-state index is 0.0130. The monoisotopic (exact) mass is 319 g/mol. The van der Waals surface area contributed by atoms with Crippen LogP contribution >= 0.6 is 0 Å². The molecule has 1 aliphatic rings. The molecule has 1 aromatic heterocycles. The number of aromatic nitrogens is 1. The molecular formula is C16H21N3O2S. The lowest BCUT2D eigenvalue weighted by molar-refractivity contribution is 0.247. The van der Waals surface area contributed by atoms with Gasteiger partial charge in [-0.25, -0.2) is 8.42 Å². The van der Waals surface area contributed by atoms with Crippen LogP contribution < -0.4 is 5.73 Å². The van der Waals surface area contributed by atoms with E-state index in [1.807, 2.05) is 37.3 Å². The van der Waals surface area contributed by atoms with Crippen LogP contribution in [0.5, 0.6) is 0 Å². The van der Waals surface area contributed by atoms with Gasteiger partial charge in [0.25, 0.3) is 0 Å². The molecule has 2 aromatic rings. The van der Waals surface area contributed by atoms with Crippen molar-refractivity contribution in [1.29, 1.82) is 0 Å². The highest BCUT2D eigenvalue weighted by atomic mass is 32.2. The summed E-state index contributed by atoms with van der Waals surface area (Å²) in [5.41, 5.74) is 7.44. The fraction of sp³-hybridized carbons (Fsp3) is 0.438. The Hall–Kier alpha value is -1.50. The molecule has 118 valence electrons. The average molecular weight is 319 g/mol. The maximum atomic E-state index is 12.8. The summed E-state index contributed by atoms with van der Waals surface area (Å²) in [6.07, 6.45) is 3.13. The lowest BCUT2D eigenvalue weighted by atomic mass is 10.0. The molecule has 0 radical (unpaired) electrons. The van der Waals surface area contributed by atoms with E-state index in [2.05, 4.69) is 4.98 Å². The van der Waals surface area contributed by atoms with Crippen molar-refractivity contribution in [3.05, 3.63) is 42.1 Å². The van der Waals surface area contributed by atoms with Gasteiger partial charge in [0, 0.05) is 30.2 Å². The number of nitrogens with two attached hydrogens (primary N) is 1.